The highest BCUT2D eigenvalue weighted by molar-refractivity contribution is 5.92. The summed E-state index contributed by atoms with van der Waals surface area (Å²) >= 11 is 0. The average molecular weight is 246 g/mol. The number of amides is 1. The molecule has 0 aliphatic heterocycles. The molecule has 0 bridgehead atoms. The predicted octanol–water partition coefficient (Wildman–Crippen LogP) is 1.68. The molecule has 1 aromatic rings. The van der Waals surface area contributed by atoms with Gasteiger partial charge in [-0.15, -0.1) is 0 Å². The molecule has 0 aliphatic rings. The van der Waals surface area contributed by atoms with E-state index in [1.54, 1.807) is 23.1 Å². The Morgan fingerprint density at radius 3 is 2.83 bits per heavy atom. The summed E-state index contributed by atoms with van der Waals surface area (Å²) in [6.45, 7) is 5.08. The first-order valence-corrected chi connectivity index (χ1v) is 5.93. The van der Waals surface area contributed by atoms with E-state index in [4.69, 9.17) is 11.0 Å². The van der Waals surface area contributed by atoms with E-state index in [9.17, 15) is 4.79 Å². The molecule has 0 unspecified atom stereocenters. The molecule has 0 aliphatic carbocycles. The van der Waals surface area contributed by atoms with Crippen LogP contribution >= 0.6 is 0 Å². The van der Waals surface area contributed by atoms with Gasteiger partial charge in [0.1, 0.15) is 11.5 Å². The Balaban J connectivity index is 2.84. The lowest BCUT2D eigenvalue weighted by molar-refractivity contribution is 0.0734. The fraction of sp³-hybridized carbons (Fsp3) is 0.462. The van der Waals surface area contributed by atoms with Gasteiger partial charge in [0, 0.05) is 13.1 Å². The lowest BCUT2D eigenvalue weighted by Crippen LogP contribution is -2.35. The Morgan fingerprint density at radius 2 is 2.28 bits per heavy atom. The van der Waals surface area contributed by atoms with Gasteiger partial charge in [-0.25, -0.2) is 4.98 Å². The average Bonchev–Trinajstić information content (AvgIpc) is 2.33. The fourth-order valence-corrected chi connectivity index (χ4v) is 1.63. The summed E-state index contributed by atoms with van der Waals surface area (Å²) in [4.78, 5) is 17.9. The molecule has 5 nitrogen and oxygen atoms in total. The zero-order valence-electron chi connectivity index (χ0n) is 10.8. The van der Waals surface area contributed by atoms with E-state index in [0.29, 0.717) is 36.9 Å². The molecule has 0 saturated heterocycles. The number of hydrogen-bond acceptors (Lipinski definition) is 4. The number of pyridine rings is 1. The molecule has 0 spiro atoms. The smallest absolute Gasteiger partial charge is 0.272 e. The highest BCUT2D eigenvalue weighted by Crippen LogP contribution is 2.08. The van der Waals surface area contributed by atoms with Crippen LogP contribution in [0.4, 0.5) is 5.82 Å². The number of carbonyl (C=O) groups excluding carboxylic acids is 1. The Kier molecular flexibility index (Phi) is 5.12. The second-order valence-electron chi connectivity index (χ2n) is 4.50. The van der Waals surface area contributed by atoms with Crippen molar-refractivity contribution in [2.45, 2.75) is 20.3 Å². The molecule has 0 aromatic carbocycles. The van der Waals surface area contributed by atoms with Gasteiger partial charge in [-0.1, -0.05) is 19.9 Å². The molecule has 0 atom stereocenters. The molecular formula is C13H18N4O. The van der Waals surface area contributed by atoms with E-state index >= 15 is 0 Å². The summed E-state index contributed by atoms with van der Waals surface area (Å²) in [6.07, 6.45) is 0.320. The number of nitrogen functional groups attached to an aromatic ring is 1. The van der Waals surface area contributed by atoms with Crippen LogP contribution in [0.5, 0.6) is 0 Å². The molecule has 2 N–H and O–H groups in total. The number of nitrogens with zero attached hydrogens (tertiary/aromatic N) is 3. The standard InChI is InChI=1S/C13H18N4O/c1-10(2)9-17(8-4-7-14)13(18)11-5-3-6-12(15)16-11/h3,5-6,10H,4,8-9H2,1-2H3,(H2,15,16). The molecule has 0 radical (unpaired) electrons. The minimum Gasteiger partial charge on any atom is -0.384 e. The maximum absolute atomic E-state index is 12.2. The van der Waals surface area contributed by atoms with Gasteiger partial charge in [0.05, 0.1) is 12.5 Å². The monoisotopic (exact) mass is 246 g/mol. The fourth-order valence-electron chi connectivity index (χ4n) is 1.63. The van der Waals surface area contributed by atoms with E-state index in [1.807, 2.05) is 13.8 Å². The number of aromatic nitrogens is 1. The molecule has 1 heterocycles. The van der Waals surface area contributed by atoms with Gasteiger partial charge in [0.15, 0.2) is 0 Å². The van der Waals surface area contributed by atoms with Crippen LogP contribution in [0, 0.1) is 17.2 Å². The van der Waals surface area contributed by atoms with Crippen LogP contribution in [0.2, 0.25) is 0 Å². The van der Waals surface area contributed by atoms with Gasteiger partial charge >= 0.3 is 0 Å². The van der Waals surface area contributed by atoms with Gasteiger partial charge in [-0.3, -0.25) is 4.79 Å². The number of carbonyl (C=O) groups is 1. The second kappa shape index (κ2) is 6.60. The summed E-state index contributed by atoms with van der Waals surface area (Å²) in [5.41, 5.74) is 5.89. The van der Waals surface area contributed by atoms with Crippen LogP contribution in [0.1, 0.15) is 30.8 Å². The predicted molar refractivity (Wildman–Crippen MR) is 69.6 cm³/mol. The molecule has 18 heavy (non-hydrogen) atoms. The Labute approximate surface area is 107 Å². The van der Waals surface area contributed by atoms with Gasteiger partial charge in [-0.2, -0.15) is 5.26 Å². The summed E-state index contributed by atoms with van der Waals surface area (Å²) < 4.78 is 0. The van der Waals surface area contributed by atoms with Crippen molar-refractivity contribution in [3.63, 3.8) is 0 Å². The van der Waals surface area contributed by atoms with Crippen molar-refractivity contribution in [2.24, 2.45) is 5.92 Å². The third-order valence-electron chi connectivity index (χ3n) is 2.36. The Morgan fingerprint density at radius 1 is 1.56 bits per heavy atom. The minimum atomic E-state index is -0.175. The van der Waals surface area contributed by atoms with Gasteiger partial charge in [-0.05, 0) is 18.1 Å². The van der Waals surface area contributed by atoms with Crippen LogP contribution in [0.3, 0.4) is 0 Å². The largest absolute Gasteiger partial charge is 0.384 e. The second-order valence-corrected chi connectivity index (χ2v) is 4.50. The number of nitriles is 1. The number of hydrogen-bond donors (Lipinski definition) is 1. The van der Waals surface area contributed by atoms with Crippen molar-refractivity contribution in [1.82, 2.24) is 9.88 Å². The molecular weight excluding hydrogens is 228 g/mol. The topological polar surface area (TPSA) is 83.0 Å². The zero-order valence-corrected chi connectivity index (χ0v) is 10.8. The number of rotatable bonds is 5. The third kappa shape index (κ3) is 4.06. The van der Waals surface area contributed by atoms with Crippen LogP contribution in [0.15, 0.2) is 18.2 Å². The molecule has 1 rings (SSSR count). The molecule has 96 valence electrons. The van der Waals surface area contributed by atoms with Crippen molar-refractivity contribution >= 4 is 11.7 Å². The van der Waals surface area contributed by atoms with Crippen LogP contribution in [0.25, 0.3) is 0 Å². The highest BCUT2D eigenvalue weighted by atomic mass is 16.2. The number of anilines is 1. The Hall–Kier alpha value is -2.09. The van der Waals surface area contributed by atoms with Crippen molar-refractivity contribution < 1.29 is 4.79 Å². The summed E-state index contributed by atoms with van der Waals surface area (Å²) in [6, 6.07) is 7.03. The van der Waals surface area contributed by atoms with Crippen molar-refractivity contribution in [3.05, 3.63) is 23.9 Å². The van der Waals surface area contributed by atoms with Crippen LogP contribution in [-0.2, 0) is 0 Å². The first kappa shape index (κ1) is 14.0. The third-order valence-corrected chi connectivity index (χ3v) is 2.36. The SMILES string of the molecule is CC(C)CN(CCC#N)C(=O)c1cccc(N)n1. The number of nitrogens with two attached hydrogens (primary N) is 1. The maximum Gasteiger partial charge on any atom is 0.272 e. The van der Waals surface area contributed by atoms with E-state index in [-0.39, 0.29) is 5.91 Å². The van der Waals surface area contributed by atoms with Crippen LogP contribution < -0.4 is 5.73 Å². The van der Waals surface area contributed by atoms with E-state index in [0.717, 1.165) is 0 Å². The lowest BCUT2D eigenvalue weighted by atomic mass is 10.2. The Bertz CT molecular complexity index is 451. The van der Waals surface area contributed by atoms with Crippen molar-refractivity contribution in [1.29, 1.82) is 5.26 Å². The molecule has 0 saturated carbocycles. The summed E-state index contributed by atoms with van der Waals surface area (Å²) in [5.74, 6) is 0.491. The molecule has 1 aromatic heterocycles. The quantitative estimate of drug-likeness (QED) is 0.856. The van der Waals surface area contributed by atoms with Crippen molar-refractivity contribution in [3.8, 4) is 6.07 Å². The van der Waals surface area contributed by atoms with Crippen molar-refractivity contribution in [2.75, 3.05) is 18.8 Å². The first-order chi connectivity index (χ1) is 8.54. The zero-order chi connectivity index (χ0) is 13.5. The maximum atomic E-state index is 12.2. The summed E-state index contributed by atoms with van der Waals surface area (Å²) in [7, 11) is 0. The normalized spacial score (nSPS) is 10.1. The molecule has 1 amide bonds. The van der Waals surface area contributed by atoms with E-state index < -0.39 is 0 Å². The van der Waals surface area contributed by atoms with Gasteiger partial charge in [0.2, 0.25) is 0 Å². The van der Waals surface area contributed by atoms with Gasteiger partial charge < -0.3 is 10.6 Å². The van der Waals surface area contributed by atoms with E-state index in [2.05, 4.69) is 11.1 Å². The van der Waals surface area contributed by atoms with Crippen LogP contribution in [-0.4, -0.2) is 28.9 Å². The molecule has 5 heteroatoms. The molecule has 0 fully saturated rings. The van der Waals surface area contributed by atoms with Gasteiger partial charge in [0.25, 0.3) is 5.91 Å². The van der Waals surface area contributed by atoms with E-state index in [1.165, 1.54) is 0 Å². The lowest BCUT2D eigenvalue weighted by Gasteiger charge is -2.23. The minimum absolute atomic E-state index is 0.175. The summed E-state index contributed by atoms with van der Waals surface area (Å²) in [5, 5.41) is 8.62. The highest BCUT2D eigenvalue weighted by Gasteiger charge is 2.17. The first-order valence-electron chi connectivity index (χ1n) is 5.93.